The molecule has 0 bridgehead atoms. The van der Waals surface area contributed by atoms with Crippen molar-refractivity contribution in [1.82, 2.24) is 0 Å². The summed E-state index contributed by atoms with van der Waals surface area (Å²) in [5.41, 5.74) is 2.25. The van der Waals surface area contributed by atoms with Crippen molar-refractivity contribution in [3.05, 3.63) is 81.0 Å². The molecule has 0 unspecified atom stereocenters. The molecule has 1 amide bonds. The van der Waals surface area contributed by atoms with Crippen LogP contribution < -0.4 is 4.90 Å². The van der Waals surface area contributed by atoms with Gasteiger partial charge < -0.3 is 4.74 Å². The van der Waals surface area contributed by atoms with Gasteiger partial charge in [0.2, 0.25) is 0 Å². The Morgan fingerprint density at radius 2 is 1.85 bits per heavy atom. The summed E-state index contributed by atoms with van der Waals surface area (Å²) in [6, 6.07) is 14.1. The average Bonchev–Trinajstić information content (AvgIpc) is 2.88. The number of ether oxygens (including phenoxy) is 1. The number of allylic oxidation sites excluding steroid dienone is 1. The van der Waals surface area contributed by atoms with E-state index in [1.54, 1.807) is 38.1 Å². The van der Waals surface area contributed by atoms with Crippen LogP contribution in [0.3, 0.4) is 0 Å². The van der Waals surface area contributed by atoms with Gasteiger partial charge in [-0.05, 0) is 49.8 Å². The van der Waals surface area contributed by atoms with E-state index >= 15 is 0 Å². The fourth-order valence-corrected chi connectivity index (χ4v) is 3.41. The molecule has 0 saturated carbocycles. The van der Waals surface area contributed by atoms with Crippen LogP contribution in [0, 0.1) is 0 Å². The molecule has 3 rings (SSSR count). The minimum Gasteiger partial charge on any atom is -0.462 e. The van der Waals surface area contributed by atoms with Crippen molar-refractivity contribution in [1.29, 1.82) is 0 Å². The summed E-state index contributed by atoms with van der Waals surface area (Å²) < 4.78 is 5.18. The van der Waals surface area contributed by atoms with Gasteiger partial charge in [-0.1, -0.05) is 47.5 Å². The summed E-state index contributed by atoms with van der Waals surface area (Å²) in [4.78, 5) is 27.2. The number of carbonyl (C=O) groups is 2. The van der Waals surface area contributed by atoms with Crippen LogP contribution in [0.1, 0.15) is 19.4 Å². The first-order chi connectivity index (χ1) is 12.9. The number of para-hydroxylation sites is 1. The molecular formula is C21H17Cl2NO3. The molecule has 0 radical (unpaired) electrons. The van der Waals surface area contributed by atoms with Crippen molar-refractivity contribution < 1.29 is 14.3 Å². The standard InChI is InChI=1S/C21H17Cl2NO3/c1-3-27-21(26)19-13(2)24(16-7-5-4-6-8-16)20(25)17(19)11-14-9-10-15(22)12-18(14)23/h4-12H,3H2,1-2H3/b17-11-. The lowest BCUT2D eigenvalue weighted by atomic mass is 10.0. The monoisotopic (exact) mass is 401 g/mol. The highest BCUT2D eigenvalue weighted by atomic mass is 35.5. The predicted octanol–water partition coefficient (Wildman–Crippen LogP) is 5.26. The van der Waals surface area contributed by atoms with Gasteiger partial charge in [0, 0.05) is 21.4 Å². The molecule has 2 aromatic rings. The number of esters is 1. The maximum Gasteiger partial charge on any atom is 0.340 e. The lowest BCUT2D eigenvalue weighted by Crippen LogP contribution is -2.24. The Balaban J connectivity index is 2.15. The lowest BCUT2D eigenvalue weighted by Gasteiger charge is -2.17. The summed E-state index contributed by atoms with van der Waals surface area (Å²) in [6.07, 6.45) is 1.60. The van der Waals surface area contributed by atoms with Gasteiger partial charge in [-0.3, -0.25) is 9.69 Å². The normalized spacial score (nSPS) is 15.6. The van der Waals surface area contributed by atoms with Gasteiger partial charge in [0.05, 0.1) is 17.8 Å². The minimum absolute atomic E-state index is 0.212. The van der Waals surface area contributed by atoms with Crippen molar-refractivity contribution in [3.63, 3.8) is 0 Å². The Morgan fingerprint density at radius 1 is 1.15 bits per heavy atom. The van der Waals surface area contributed by atoms with Gasteiger partial charge in [0.15, 0.2) is 0 Å². The number of carbonyl (C=O) groups excluding carboxylic acids is 2. The van der Waals surface area contributed by atoms with Gasteiger partial charge >= 0.3 is 5.97 Å². The van der Waals surface area contributed by atoms with Crippen molar-refractivity contribution in [2.45, 2.75) is 13.8 Å². The highest BCUT2D eigenvalue weighted by molar-refractivity contribution is 6.36. The largest absolute Gasteiger partial charge is 0.462 e. The van der Waals surface area contributed by atoms with Crippen LogP contribution in [0.15, 0.2) is 65.4 Å². The van der Waals surface area contributed by atoms with E-state index in [4.69, 9.17) is 27.9 Å². The topological polar surface area (TPSA) is 46.6 Å². The zero-order valence-electron chi connectivity index (χ0n) is 14.8. The minimum atomic E-state index is -0.543. The molecule has 27 heavy (non-hydrogen) atoms. The molecule has 0 aromatic heterocycles. The van der Waals surface area contributed by atoms with E-state index in [9.17, 15) is 9.59 Å². The SMILES string of the molecule is CCOC(=O)C1=C(C)N(c2ccccc2)C(=O)/C1=C\c1ccc(Cl)cc1Cl. The second-order valence-electron chi connectivity index (χ2n) is 5.88. The fourth-order valence-electron chi connectivity index (χ4n) is 2.94. The fraction of sp³-hybridized carbons (Fsp3) is 0.143. The molecule has 0 spiro atoms. The first-order valence-electron chi connectivity index (χ1n) is 8.38. The van der Waals surface area contributed by atoms with Crippen LogP contribution in [0.25, 0.3) is 6.08 Å². The molecule has 6 heteroatoms. The van der Waals surface area contributed by atoms with Crippen LogP contribution in [0.4, 0.5) is 5.69 Å². The number of benzene rings is 2. The van der Waals surface area contributed by atoms with Gasteiger partial charge in [0.25, 0.3) is 5.91 Å². The van der Waals surface area contributed by atoms with Crippen molar-refractivity contribution in [2.24, 2.45) is 0 Å². The Kier molecular flexibility index (Phi) is 5.68. The second-order valence-corrected chi connectivity index (χ2v) is 6.72. The Hall–Kier alpha value is -2.56. The Bertz CT molecular complexity index is 965. The molecule has 0 saturated heterocycles. The van der Waals surface area contributed by atoms with E-state index in [-0.39, 0.29) is 23.7 Å². The summed E-state index contributed by atoms with van der Waals surface area (Å²) in [7, 11) is 0. The summed E-state index contributed by atoms with van der Waals surface area (Å²) >= 11 is 12.2. The number of rotatable bonds is 4. The van der Waals surface area contributed by atoms with E-state index in [0.29, 0.717) is 27.0 Å². The third-order valence-electron chi connectivity index (χ3n) is 4.16. The van der Waals surface area contributed by atoms with Crippen LogP contribution in [-0.2, 0) is 14.3 Å². The second kappa shape index (κ2) is 7.99. The smallest absolute Gasteiger partial charge is 0.340 e. The van der Waals surface area contributed by atoms with E-state index in [1.165, 1.54) is 4.90 Å². The third-order valence-corrected chi connectivity index (χ3v) is 4.72. The highest BCUT2D eigenvalue weighted by Crippen LogP contribution is 2.36. The van der Waals surface area contributed by atoms with Crippen LogP contribution in [0.5, 0.6) is 0 Å². The molecule has 1 aliphatic rings. The number of amides is 1. The maximum atomic E-state index is 13.2. The van der Waals surface area contributed by atoms with Crippen molar-refractivity contribution in [3.8, 4) is 0 Å². The third kappa shape index (κ3) is 3.77. The molecule has 0 fully saturated rings. The molecule has 0 aliphatic carbocycles. The predicted molar refractivity (Wildman–Crippen MR) is 108 cm³/mol. The average molecular weight is 402 g/mol. The van der Waals surface area contributed by atoms with Gasteiger partial charge in [0.1, 0.15) is 0 Å². The first kappa shape index (κ1) is 19.2. The summed E-state index contributed by atoms with van der Waals surface area (Å²) in [6.45, 7) is 3.66. The molecular weight excluding hydrogens is 385 g/mol. The molecule has 4 nitrogen and oxygen atoms in total. The molecule has 2 aromatic carbocycles. The zero-order chi connectivity index (χ0) is 19.6. The van der Waals surface area contributed by atoms with Crippen LogP contribution in [0.2, 0.25) is 10.0 Å². The highest BCUT2D eigenvalue weighted by Gasteiger charge is 2.38. The van der Waals surface area contributed by atoms with Crippen LogP contribution in [-0.4, -0.2) is 18.5 Å². The van der Waals surface area contributed by atoms with Gasteiger partial charge in [-0.25, -0.2) is 4.79 Å². The van der Waals surface area contributed by atoms with Crippen molar-refractivity contribution >= 4 is 46.8 Å². The molecule has 1 heterocycles. The number of anilines is 1. The quantitative estimate of drug-likeness (QED) is 0.518. The van der Waals surface area contributed by atoms with E-state index in [1.807, 2.05) is 30.3 Å². The maximum absolute atomic E-state index is 13.2. The van der Waals surface area contributed by atoms with Crippen LogP contribution >= 0.6 is 23.2 Å². The zero-order valence-corrected chi connectivity index (χ0v) is 16.3. The first-order valence-corrected chi connectivity index (χ1v) is 9.14. The molecule has 1 aliphatic heterocycles. The number of hydrogen-bond donors (Lipinski definition) is 0. The Labute approximate surface area is 167 Å². The lowest BCUT2D eigenvalue weighted by molar-refractivity contribution is -0.138. The summed E-state index contributed by atoms with van der Waals surface area (Å²) in [5.74, 6) is -0.856. The molecule has 0 N–H and O–H groups in total. The van der Waals surface area contributed by atoms with Gasteiger partial charge in [-0.2, -0.15) is 0 Å². The van der Waals surface area contributed by atoms with Gasteiger partial charge in [-0.15, -0.1) is 0 Å². The number of hydrogen-bond acceptors (Lipinski definition) is 3. The summed E-state index contributed by atoms with van der Waals surface area (Å²) in [5, 5.41) is 0.880. The van der Waals surface area contributed by atoms with E-state index in [0.717, 1.165) is 0 Å². The van der Waals surface area contributed by atoms with E-state index in [2.05, 4.69) is 0 Å². The molecule has 0 atom stereocenters. The Morgan fingerprint density at radius 3 is 2.48 bits per heavy atom. The van der Waals surface area contributed by atoms with E-state index < -0.39 is 5.97 Å². The van der Waals surface area contributed by atoms with Crippen molar-refractivity contribution in [2.75, 3.05) is 11.5 Å². The number of halogens is 2. The molecule has 138 valence electrons. The number of nitrogens with zero attached hydrogens (tertiary/aromatic N) is 1.